The monoisotopic (exact) mass is 379 g/mol. The Morgan fingerprint density at radius 1 is 1.07 bits per heavy atom. The Bertz CT molecular complexity index is 972. The molecule has 0 amide bonds. The summed E-state index contributed by atoms with van der Waals surface area (Å²) in [6.07, 6.45) is 0. The Hall–Kier alpha value is -2.70. The van der Waals surface area contributed by atoms with Crippen molar-refractivity contribution in [3.8, 4) is 0 Å². The van der Waals surface area contributed by atoms with Crippen molar-refractivity contribution in [3.63, 3.8) is 0 Å². The molecule has 0 atom stereocenters. The second-order valence-electron chi connectivity index (χ2n) is 7.33. The minimum atomic E-state index is 0.0628. The molecule has 1 aliphatic heterocycles. The maximum atomic E-state index is 12.8. The third-order valence-electron chi connectivity index (χ3n) is 5.44. The zero-order valence-corrected chi connectivity index (χ0v) is 16.3. The molecule has 0 bridgehead atoms. The number of anilines is 1. The van der Waals surface area contributed by atoms with Crippen molar-refractivity contribution >= 4 is 22.8 Å². The molecule has 3 aromatic rings. The predicted molar refractivity (Wildman–Crippen MR) is 109 cm³/mol. The number of rotatable bonds is 6. The first-order valence-corrected chi connectivity index (χ1v) is 9.80. The number of morpholine rings is 1. The van der Waals surface area contributed by atoms with E-state index in [2.05, 4.69) is 15.5 Å². The molecule has 0 radical (unpaired) electrons. The third-order valence-corrected chi connectivity index (χ3v) is 5.44. The number of nitrogens with two attached hydrogens (primary N) is 1. The van der Waals surface area contributed by atoms with E-state index >= 15 is 0 Å². The smallest absolute Gasteiger partial charge is 0.356 e. The van der Waals surface area contributed by atoms with Crippen molar-refractivity contribution in [3.05, 3.63) is 59.7 Å². The van der Waals surface area contributed by atoms with Crippen LogP contribution in [0.5, 0.6) is 0 Å². The summed E-state index contributed by atoms with van der Waals surface area (Å²) in [6.45, 7) is 7.43. The van der Waals surface area contributed by atoms with Crippen LogP contribution in [0, 0.1) is 6.92 Å². The van der Waals surface area contributed by atoms with Crippen LogP contribution in [0.3, 0.4) is 0 Å². The third kappa shape index (κ3) is 3.79. The van der Waals surface area contributed by atoms with E-state index in [1.807, 2.05) is 54.0 Å². The first-order valence-electron chi connectivity index (χ1n) is 9.80. The Labute approximate surface area is 165 Å². The van der Waals surface area contributed by atoms with Gasteiger partial charge in [0.15, 0.2) is 5.78 Å². The summed E-state index contributed by atoms with van der Waals surface area (Å²) in [5.41, 5.74) is 10.4. The molecule has 1 saturated heterocycles. The number of nitrogen functional groups attached to an aromatic ring is 1. The Morgan fingerprint density at radius 3 is 2.54 bits per heavy atom. The molecule has 2 aromatic carbocycles. The number of hydrogen-bond acceptors (Lipinski definition) is 4. The van der Waals surface area contributed by atoms with Crippen molar-refractivity contribution in [2.45, 2.75) is 20.0 Å². The van der Waals surface area contributed by atoms with Crippen molar-refractivity contribution < 1.29 is 14.1 Å². The largest absolute Gasteiger partial charge is 0.379 e. The van der Waals surface area contributed by atoms with Gasteiger partial charge in [0.05, 0.1) is 19.8 Å². The van der Waals surface area contributed by atoms with Gasteiger partial charge in [0.1, 0.15) is 17.6 Å². The molecule has 28 heavy (non-hydrogen) atoms. The molecular weight excluding hydrogens is 352 g/mol. The quantitative estimate of drug-likeness (QED) is 0.526. The van der Waals surface area contributed by atoms with Crippen LogP contribution >= 0.6 is 0 Å². The Morgan fingerprint density at radius 2 is 1.79 bits per heavy atom. The maximum absolute atomic E-state index is 12.8. The van der Waals surface area contributed by atoms with Gasteiger partial charge in [-0.2, -0.15) is 0 Å². The Balaban J connectivity index is 1.60. The van der Waals surface area contributed by atoms with Crippen LogP contribution in [-0.4, -0.2) is 48.1 Å². The molecule has 2 N–H and O–H groups in total. The van der Waals surface area contributed by atoms with E-state index in [1.54, 1.807) is 0 Å². The number of fused-ring (bicyclic) bond motifs is 1. The molecule has 1 fully saturated rings. The summed E-state index contributed by atoms with van der Waals surface area (Å²) >= 11 is 0. The molecule has 6 heteroatoms. The highest BCUT2D eigenvalue weighted by molar-refractivity contribution is 5.95. The highest BCUT2D eigenvalue weighted by Crippen LogP contribution is 2.17. The summed E-state index contributed by atoms with van der Waals surface area (Å²) in [5.74, 6) is 0.683. The van der Waals surface area contributed by atoms with E-state index in [9.17, 15) is 4.79 Å². The molecule has 4 rings (SSSR count). The van der Waals surface area contributed by atoms with Gasteiger partial charge in [-0.25, -0.2) is 9.13 Å². The van der Waals surface area contributed by atoms with E-state index in [0.29, 0.717) is 11.5 Å². The minimum absolute atomic E-state index is 0.0628. The topological polar surface area (TPSA) is 64.4 Å². The van der Waals surface area contributed by atoms with Crippen molar-refractivity contribution in [2.75, 3.05) is 38.6 Å². The summed E-state index contributed by atoms with van der Waals surface area (Å²) in [5, 5.41) is 0. The number of hydrogen-bond donors (Lipinski definition) is 1. The molecule has 1 aromatic heterocycles. The summed E-state index contributed by atoms with van der Waals surface area (Å²) in [7, 11) is 0. The molecule has 0 spiro atoms. The Kier molecular flexibility index (Phi) is 5.41. The number of ketones is 1. The van der Waals surface area contributed by atoms with E-state index < -0.39 is 0 Å². The standard InChI is InChI=1S/C22H26N4O2/c1-17-6-8-18(9-7-17)21(27)16-26-20-5-3-2-4-19(20)25(22(26)23)11-10-24-12-14-28-15-13-24/h2-9,23H,10-16H2,1H3/p+1. The number of para-hydroxylation sites is 2. The van der Waals surface area contributed by atoms with E-state index in [0.717, 1.165) is 56.0 Å². The fraction of sp³-hybridized carbons (Fsp3) is 0.364. The predicted octanol–water partition coefficient (Wildman–Crippen LogP) is 2.03. The molecule has 146 valence electrons. The van der Waals surface area contributed by atoms with Crippen LogP contribution in [0.1, 0.15) is 15.9 Å². The zero-order valence-electron chi connectivity index (χ0n) is 16.3. The highest BCUT2D eigenvalue weighted by Gasteiger charge is 2.23. The zero-order chi connectivity index (χ0) is 19.5. The van der Waals surface area contributed by atoms with Gasteiger partial charge in [-0.05, 0) is 19.1 Å². The number of benzene rings is 2. The first kappa shape index (κ1) is 18.7. The molecule has 0 saturated carbocycles. The highest BCUT2D eigenvalue weighted by atomic mass is 16.5. The fourth-order valence-corrected chi connectivity index (χ4v) is 3.75. The average molecular weight is 379 g/mol. The number of aryl methyl sites for hydroxylation is 1. The van der Waals surface area contributed by atoms with E-state index in [4.69, 9.17) is 10.5 Å². The van der Waals surface area contributed by atoms with Crippen LogP contribution < -0.4 is 10.3 Å². The van der Waals surface area contributed by atoms with E-state index in [-0.39, 0.29) is 12.3 Å². The van der Waals surface area contributed by atoms with Crippen LogP contribution in [0.15, 0.2) is 48.5 Å². The summed E-state index contributed by atoms with van der Waals surface area (Å²) in [4.78, 5) is 15.2. The number of carbonyl (C=O) groups is 1. The normalized spacial score (nSPS) is 15.2. The molecular formula is C22H27N4O2+. The lowest BCUT2D eigenvalue weighted by molar-refractivity contribution is -0.642. The van der Waals surface area contributed by atoms with Gasteiger partial charge in [-0.3, -0.25) is 15.4 Å². The lowest BCUT2D eigenvalue weighted by Crippen LogP contribution is -2.41. The SMILES string of the molecule is Cc1ccc(C(=O)C[n+]2c(N)n(CCN3CCOCC3)c3ccccc32)cc1. The van der Waals surface area contributed by atoms with Crippen molar-refractivity contribution in [1.29, 1.82) is 0 Å². The van der Waals surface area contributed by atoms with Crippen LogP contribution in [0.25, 0.3) is 11.0 Å². The number of nitrogens with zero attached hydrogens (tertiary/aromatic N) is 3. The van der Waals surface area contributed by atoms with E-state index in [1.165, 1.54) is 0 Å². The van der Waals surface area contributed by atoms with Gasteiger partial charge in [-0.15, -0.1) is 0 Å². The molecule has 0 aliphatic carbocycles. The lowest BCUT2D eigenvalue weighted by atomic mass is 10.1. The molecule has 0 unspecified atom stereocenters. The number of aromatic nitrogens is 2. The molecule has 6 nitrogen and oxygen atoms in total. The van der Waals surface area contributed by atoms with Gasteiger partial charge < -0.3 is 4.74 Å². The number of Topliss-reactive ketones (excluding diaryl/α,β-unsaturated/α-hetero) is 1. The van der Waals surface area contributed by atoms with Crippen LogP contribution in [-0.2, 0) is 17.8 Å². The number of imidazole rings is 1. The summed E-state index contributed by atoms with van der Waals surface area (Å²) < 4.78 is 9.47. The van der Waals surface area contributed by atoms with Crippen molar-refractivity contribution in [1.82, 2.24) is 9.47 Å². The van der Waals surface area contributed by atoms with Gasteiger partial charge >= 0.3 is 5.95 Å². The van der Waals surface area contributed by atoms with Crippen molar-refractivity contribution in [2.24, 2.45) is 0 Å². The lowest BCUT2D eigenvalue weighted by Gasteiger charge is -2.25. The second kappa shape index (κ2) is 8.12. The minimum Gasteiger partial charge on any atom is -0.379 e. The average Bonchev–Trinajstić information content (AvgIpc) is 2.99. The van der Waals surface area contributed by atoms with Gasteiger partial charge in [-0.1, -0.05) is 42.0 Å². The first-order chi connectivity index (χ1) is 13.6. The van der Waals surface area contributed by atoms with Gasteiger partial charge in [0.25, 0.3) is 0 Å². The van der Waals surface area contributed by atoms with Gasteiger partial charge in [0.2, 0.25) is 0 Å². The van der Waals surface area contributed by atoms with Crippen LogP contribution in [0.4, 0.5) is 5.95 Å². The molecule has 1 aliphatic rings. The van der Waals surface area contributed by atoms with Gasteiger partial charge in [0, 0.05) is 25.2 Å². The number of ether oxygens (including phenoxy) is 1. The molecule has 2 heterocycles. The maximum Gasteiger partial charge on any atom is 0.356 e. The number of carbonyl (C=O) groups excluding carboxylic acids is 1. The fourth-order valence-electron chi connectivity index (χ4n) is 3.75. The summed E-state index contributed by atoms with van der Waals surface area (Å²) in [6, 6.07) is 15.8. The van der Waals surface area contributed by atoms with Crippen LogP contribution in [0.2, 0.25) is 0 Å². The second-order valence-corrected chi connectivity index (χ2v) is 7.33.